The van der Waals surface area contributed by atoms with Crippen molar-refractivity contribution < 1.29 is 9.53 Å². The van der Waals surface area contributed by atoms with E-state index in [-0.39, 0.29) is 11.9 Å². The number of hydrogen-bond acceptors (Lipinski definition) is 4. The van der Waals surface area contributed by atoms with Gasteiger partial charge in [0, 0.05) is 23.4 Å². The van der Waals surface area contributed by atoms with Crippen molar-refractivity contribution in [2.45, 2.75) is 18.9 Å². The van der Waals surface area contributed by atoms with Gasteiger partial charge in [0.2, 0.25) is 0 Å². The molecule has 1 atom stereocenters. The first-order valence-corrected chi connectivity index (χ1v) is 8.67. The van der Waals surface area contributed by atoms with Gasteiger partial charge in [-0.15, -0.1) is 10.2 Å². The van der Waals surface area contributed by atoms with Crippen molar-refractivity contribution in [2.24, 2.45) is 0 Å². The van der Waals surface area contributed by atoms with Gasteiger partial charge in [0.15, 0.2) is 0 Å². The predicted octanol–water partition coefficient (Wildman–Crippen LogP) is 3.25. The highest BCUT2D eigenvalue weighted by molar-refractivity contribution is 5.95. The van der Waals surface area contributed by atoms with Crippen LogP contribution in [-0.2, 0) is 0 Å². The number of nitrogens with zero attached hydrogens (tertiary/aromatic N) is 4. The number of methoxy groups -OCH3 is 1. The number of benzene rings is 2. The monoisotopic (exact) mass is 348 g/mol. The first kappa shape index (κ1) is 16.3. The van der Waals surface area contributed by atoms with Crippen molar-refractivity contribution in [1.29, 1.82) is 0 Å². The third kappa shape index (κ3) is 2.94. The lowest BCUT2D eigenvalue weighted by Crippen LogP contribution is -2.30. The molecule has 2 aromatic carbocycles. The van der Waals surface area contributed by atoms with Crippen molar-refractivity contribution in [3.8, 4) is 11.4 Å². The Hall–Kier alpha value is -3.15. The second kappa shape index (κ2) is 7.00. The van der Waals surface area contributed by atoms with Crippen LogP contribution >= 0.6 is 0 Å². The maximum absolute atomic E-state index is 13.1. The molecule has 1 amide bonds. The van der Waals surface area contributed by atoms with Crippen LogP contribution in [0.5, 0.6) is 5.75 Å². The molecule has 0 bridgehead atoms. The normalized spacial score (nSPS) is 16.7. The lowest BCUT2D eigenvalue weighted by atomic mass is 10.0. The van der Waals surface area contributed by atoms with Gasteiger partial charge in [-0.3, -0.25) is 9.36 Å². The van der Waals surface area contributed by atoms with Gasteiger partial charge in [-0.2, -0.15) is 0 Å². The molecular weight excluding hydrogens is 328 g/mol. The molecule has 132 valence electrons. The number of hydrogen-bond donors (Lipinski definition) is 0. The third-order valence-electron chi connectivity index (χ3n) is 4.84. The summed E-state index contributed by atoms with van der Waals surface area (Å²) in [6.07, 6.45) is 5.21. The second-order valence-corrected chi connectivity index (χ2v) is 6.31. The molecule has 4 rings (SSSR count). The van der Waals surface area contributed by atoms with E-state index in [0.29, 0.717) is 5.56 Å². The summed E-state index contributed by atoms with van der Waals surface area (Å²) in [4.78, 5) is 15.0. The van der Waals surface area contributed by atoms with Crippen LogP contribution in [0, 0.1) is 0 Å². The molecule has 1 saturated heterocycles. The molecule has 1 fully saturated rings. The lowest BCUT2D eigenvalue weighted by Gasteiger charge is -2.26. The molecular formula is C20H20N4O2. The van der Waals surface area contributed by atoms with Gasteiger partial charge in [-0.05, 0) is 43.2 Å². The smallest absolute Gasteiger partial charge is 0.254 e. The Balaban J connectivity index is 1.59. The van der Waals surface area contributed by atoms with Crippen molar-refractivity contribution in [3.63, 3.8) is 0 Å². The Bertz CT molecular complexity index is 890. The van der Waals surface area contributed by atoms with Crippen LogP contribution in [0.1, 0.15) is 34.8 Å². The van der Waals surface area contributed by atoms with Crippen molar-refractivity contribution in [1.82, 2.24) is 19.7 Å². The maximum atomic E-state index is 13.1. The molecule has 1 aliphatic rings. The summed E-state index contributed by atoms with van der Waals surface area (Å²) in [6.45, 7) is 0.759. The number of carbonyl (C=O) groups is 1. The minimum absolute atomic E-state index is 0.0497. The summed E-state index contributed by atoms with van der Waals surface area (Å²) in [7, 11) is 1.67. The number of ether oxygens (including phenoxy) is 1. The van der Waals surface area contributed by atoms with E-state index >= 15 is 0 Å². The van der Waals surface area contributed by atoms with E-state index in [1.807, 2.05) is 58.0 Å². The molecule has 0 unspecified atom stereocenters. The highest BCUT2D eigenvalue weighted by Gasteiger charge is 2.32. The summed E-state index contributed by atoms with van der Waals surface area (Å²) >= 11 is 0. The van der Waals surface area contributed by atoms with Crippen molar-refractivity contribution in [2.75, 3.05) is 13.7 Å². The van der Waals surface area contributed by atoms with E-state index in [0.717, 1.165) is 36.4 Å². The Labute approximate surface area is 152 Å². The maximum Gasteiger partial charge on any atom is 0.254 e. The van der Waals surface area contributed by atoms with E-state index in [4.69, 9.17) is 4.74 Å². The van der Waals surface area contributed by atoms with Gasteiger partial charge >= 0.3 is 0 Å². The number of amides is 1. The lowest BCUT2D eigenvalue weighted by molar-refractivity contribution is 0.0734. The molecule has 0 radical (unpaired) electrons. The molecule has 0 spiro atoms. The number of carbonyl (C=O) groups excluding carboxylic acids is 1. The van der Waals surface area contributed by atoms with Crippen molar-refractivity contribution in [3.05, 3.63) is 72.3 Å². The number of likely N-dealkylation sites (tertiary alicyclic amines) is 1. The SMILES string of the molecule is COc1ccccc1[C@H]1CCCN1C(=O)c1ccc(-n2cnnc2)cc1. The molecule has 1 aromatic heterocycles. The fraction of sp³-hybridized carbons (Fsp3) is 0.250. The van der Waals surface area contributed by atoms with Crippen LogP contribution in [-0.4, -0.2) is 39.2 Å². The zero-order valence-electron chi connectivity index (χ0n) is 14.6. The number of para-hydroxylation sites is 1. The predicted molar refractivity (Wildman–Crippen MR) is 97.4 cm³/mol. The fourth-order valence-electron chi connectivity index (χ4n) is 3.55. The third-order valence-corrected chi connectivity index (χ3v) is 4.84. The fourth-order valence-corrected chi connectivity index (χ4v) is 3.55. The van der Waals surface area contributed by atoms with Gasteiger partial charge in [0.1, 0.15) is 18.4 Å². The minimum atomic E-state index is 0.0497. The van der Waals surface area contributed by atoms with Gasteiger partial charge < -0.3 is 9.64 Å². The van der Waals surface area contributed by atoms with Gasteiger partial charge in [-0.25, -0.2) is 0 Å². The average molecular weight is 348 g/mol. The zero-order chi connectivity index (χ0) is 17.9. The van der Waals surface area contributed by atoms with Crippen LogP contribution in [0.15, 0.2) is 61.2 Å². The summed E-state index contributed by atoms with van der Waals surface area (Å²) < 4.78 is 7.30. The van der Waals surface area contributed by atoms with E-state index < -0.39 is 0 Å². The summed E-state index contributed by atoms with van der Waals surface area (Å²) in [5.74, 6) is 0.883. The van der Waals surface area contributed by atoms with Crippen LogP contribution in [0.25, 0.3) is 5.69 Å². The first-order valence-electron chi connectivity index (χ1n) is 8.67. The molecule has 3 aromatic rings. The Morgan fingerprint density at radius 2 is 1.81 bits per heavy atom. The summed E-state index contributed by atoms with van der Waals surface area (Å²) in [5, 5.41) is 7.61. The molecule has 2 heterocycles. The van der Waals surface area contributed by atoms with Crippen LogP contribution in [0.4, 0.5) is 0 Å². The van der Waals surface area contributed by atoms with Crippen LogP contribution in [0.3, 0.4) is 0 Å². The zero-order valence-corrected chi connectivity index (χ0v) is 14.6. The quantitative estimate of drug-likeness (QED) is 0.726. The van der Waals surface area contributed by atoms with Crippen LogP contribution < -0.4 is 4.74 Å². The van der Waals surface area contributed by atoms with E-state index in [9.17, 15) is 4.79 Å². The average Bonchev–Trinajstić information content (AvgIpc) is 3.39. The van der Waals surface area contributed by atoms with Gasteiger partial charge in [-0.1, -0.05) is 18.2 Å². The molecule has 0 aliphatic carbocycles. The van der Waals surface area contributed by atoms with E-state index in [2.05, 4.69) is 10.2 Å². The summed E-state index contributed by atoms with van der Waals surface area (Å²) in [6, 6.07) is 15.5. The molecule has 0 N–H and O–H groups in total. The van der Waals surface area contributed by atoms with E-state index in [1.165, 1.54) is 0 Å². The highest BCUT2D eigenvalue weighted by atomic mass is 16.5. The second-order valence-electron chi connectivity index (χ2n) is 6.31. The van der Waals surface area contributed by atoms with E-state index in [1.54, 1.807) is 19.8 Å². The Kier molecular flexibility index (Phi) is 4.39. The van der Waals surface area contributed by atoms with Gasteiger partial charge in [0.05, 0.1) is 13.2 Å². The number of aromatic nitrogens is 3. The highest BCUT2D eigenvalue weighted by Crippen LogP contribution is 2.37. The first-order chi connectivity index (χ1) is 12.8. The standard InChI is InChI=1S/C20H20N4O2/c1-26-19-7-3-2-5-17(19)18-6-4-12-24(18)20(25)15-8-10-16(11-9-15)23-13-21-22-14-23/h2-3,5,7-11,13-14,18H,4,6,12H2,1H3/t18-/m1/s1. The topological polar surface area (TPSA) is 60.2 Å². The largest absolute Gasteiger partial charge is 0.496 e. The molecule has 26 heavy (non-hydrogen) atoms. The molecule has 0 saturated carbocycles. The molecule has 6 nitrogen and oxygen atoms in total. The number of rotatable bonds is 4. The molecule has 6 heteroatoms. The minimum Gasteiger partial charge on any atom is -0.496 e. The van der Waals surface area contributed by atoms with Crippen LogP contribution in [0.2, 0.25) is 0 Å². The summed E-state index contributed by atoms with van der Waals surface area (Å²) in [5.41, 5.74) is 2.68. The Morgan fingerprint density at radius 1 is 1.08 bits per heavy atom. The van der Waals surface area contributed by atoms with Gasteiger partial charge in [0.25, 0.3) is 5.91 Å². The molecule has 1 aliphatic heterocycles. The Morgan fingerprint density at radius 3 is 2.54 bits per heavy atom. The van der Waals surface area contributed by atoms with Crippen molar-refractivity contribution >= 4 is 5.91 Å².